The molecule has 0 unspecified atom stereocenters. The molecular formula is C17H28N4O. The topological polar surface area (TPSA) is 59.0 Å². The van der Waals surface area contributed by atoms with Crippen LogP contribution in [0.2, 0.25) is 0 Å². The first-order chi connectivity index (χ1) is 10.7. The Morgan fingerprint density at radius 2 is 2.27 bits per heavy atom. The average molecular weight is 304 g/mol. The van der Waals surface area contributed by atoms with Gasteiger partial charge in [0, 0.05) is 25.0 Å². The zero-order valence-electron chi connectivity index (χ0n) is 13.7. The lowest BCUT2D eigenvalue weighted by Crippen LogP contribution is -2.41. The zero-order valence-corrected chi connectivity index (χ0v) is 13.7. The van der Waals surface area contributed by atoms with Crippen LogP contribution in [0.3, 0.4) is 0 Å². The van der Waals surface area contributed by atoms with Gasteiger partial charge in [-0.15, -0.1) is 0 Å². The maximum absolute atomic E-state index is 11.9. The van der Waals surface area contributed by atoms with Gasteiger partial charge in [-0.1, -0.05) is 11.6 Å². The highest BCUT2D eigenvalue weighted by molar-refractivity contribution is 5.78. The highest BCUT2D eigenvalue weighted by Gasteiger charge is 2.14. The summed E-state index contributed by atoms with van der Waals surface area (Å²) in [6.07, 6.45) is 12.1. The van der Waals surface area contributed by atoms with Crippen molar-refractivity contribution in [2.24, 2.45) is 0 Å². The molecule has 1 amide bonds. The normalized spacial score (nSPS) is 17.6. The minimum Gasteiger partial charge on any atom is -0.355 e. The van der Waals surface area contributed by atoms with Gasteiger partial charge in [0.15, 0.2) is 0 Å². The van der Waals surface area contributed by atoms with Gasteiger partial charge < -0.3 is 10.6 Å². The Morgan fingerprint density at radius 3 is 2.95 bits per heavy atom. The van der Waals surface area contributed by atoms with Crippen molar-refractivity contribution in [3.8, 4) is 0 Å². The van der Waals surface area contributed by atoms with Crippen molar-refractivity contribution in [3.63, 3.8) is 0 Å². The lowest BCUT2D eigenvalue weighted by molar-refractivity contribution is -0.120. The van der Waals surface area contributed by atoms with Crippen LogP contribution in [0, 0.1) is 0 Å². The molecule has 0 aromatic carbocycles. The first-order valence-corrected chi connectivity index (χ1v) is 8.34. The van der Waals surface area contributed by atoms with Crippen LogP contribution in [0.25, 0.3) is 0 Å². The molecule has 5 heteroatoms. The van der Waals surface area contributed by atoms with Crippen molar-refractivity contribution in [1.82, 2.24) is 20.4 Å². The van der Waals surface area contributed by atoms with Gasteiger partial charge in [-0.05, 0) is 52.0 Å². The third-order valence-corrected chi connectivity index (χ3v) is 4.40. The number of amides is 1. The molecule has 0 aliphatic heterocycles. The maximum atomic E-state index is 11.9. The number of carbonyl (C=O) groups excluding carboxylic acids is 1. The lowest BCUT2D eigenvalue weighted by Gasteiger charge is -2.21. The number of carbonyl (C=O) groups is 1. The second-order valence-corrected chi connectivity index (χ2v) is 6.10. The monoisotopic (exact) mass is 304 g/mol. The van der Waals surface area contributed by atoms with Gasteiger partial charge in [0.1, 0.15) is 0 Å². The Labute approximate surface area is 133 Å². The van der Waals surface area contributed by atoms with Crippen LogP contribution in [0.4, 0.5) is 0 Å². The molecule has 0 bridgehead atoms. The van der Waals surface area contributed by atoms with Gasteiger partial charge in [-0.25, -0.2) is 0 Å². The van der Waals surface area contributed by atoms with E-state index in [0.29, 0.717) is 6.54 Å². The second kappa shape index (κ2) is 8.73. The smallest absolute Gasteiger partial charge is 0.233 e. The minimum absolute atomic E-state index is 0.0657. The Kier molecular flexibility index (Phi) is 6.65. The van der Waals surface area contributed by atoms with E-state index >= 15 is 0 Å². The summed E-state index contributed by atoms with van der Waals surface area (Å²) in [5.74, 6) is 0.0657. The number of hydrogen-bond acceptors (Lipinski definition) is 3. The Morgan fingerprint density at radius 1 is 1.41 bits per heavy atom. The highest BCUT2D eigenvalue weighted by atomic mass is 16.1. The van der Waals surface area contributed by atoms with E-state index in [-0.39, 0.29) is 18.0 Å². The molecule has 1 heterocycles. The SMILES string of the molecule is C[C@H](NCC(=O)NCCC1=CCCCC1)[C@@H](C)n1cccn1. The highest BCUT2D eigenvalue weighted by Crippen LogP contribution is 2.19. The molecule has 2 N–H and O–H groups in total. The van der Waals surface area contributed by atoms with Crippen molar-refractivity contribution < 1.29 is 4.79 Å². The quantitative estimate of drug-likeness (QED) is 0.725. The maximum Gasteiger partial charge on any atom is 0.233 e. The molecule has 0 radical (unpaired) electrons. The van der Waals surface area contributed by atoms with Gasteiger partial charge in [0.25, 0.3) is 0 Å². The number of rotatable bonds is 8. The fourth-order valence-electron chi connectivity index (χ4n) is 2.73. The van der Waals surface area contributed by atoms with E-state index in [1.807, 2.05) is 16.9 Å². The summed E-state index contributed by atoms with van der Waals surface area (Å²) >= 11 is 0. The molecule has 0 saturated carbocycles. The van der Waals surface area contributed by atoms with Crippen molar-refractivity contribution in [2.45, 2.75) is 58.0 Å². The first kappa shape index (κ1) is 16.7. The molecule has 122 valence electrons. The van der Waals surface area contributed by atoms with Gasteiger partial charge >= 0.3 is 0 Å². The van der Waals surface area contributed by atoms with Gasteiger partial charge in [0.2, 0.25) is 5.91 Å². The van der Waals surface area contributed by atoms with E-state index in [0.717, 1.165) is 13.0 Å². The van der Waals surface area contributed by atoms with E-state index in [4.69, 9.17) is 0 Å². The molecule has 2 atom stereocenters. The summed E-state index contributed by atoms with van der Waals surface area (Å²) in [6.45, 7) is 5.27. The molecule has 22 heavy (non-hydrogen) atoms. The van der Waals surface area contributed by atoms with Gasteiger partial charge in [-0.3, -0.25) is 9.48 Å². The molecule has 5 nitrogen and oxygen atoms in total. The fourth-order valence-corrected chi connectivity index (χ4v) is 2.73. The molecular weight excluding hydrogens is 276 g/mol. The number of aromatic nitrogens is 2. The standard InChI is InChI=1S/C17H28N4O/c1-14(15(2)21-12-6-10-20-21)19-13-17(22)18-11-9-16-7-4-3-5-8-16/h6-7,10,12,14-15,19H,3-5,8-9,11,13H2,1-2H3,(H,18,22)/t14-,15+/m0/s1. The summed E-state index contributed by atoms with van der Waals surface area (Å²) in [7, 11) is 0. The number of allylic oxidation sites excluding steroid dienone is 1. The average Bonchev–Trinajstić information content (AvgIpc) is 3.07. The fraction of sp³-hybridized carbons (Fsp3) is 0.647. The number of hydrogen-bond donors (Lipinski definition) is 2. The van der Waals surface area contributed by atoms with Crippen LogP contribution < -0.4 is 10.6 Å². The van der Waals surface area contributed by atoms with Crippen LogP contribution >= 0.6 is 0 Å². The summed E-state index contributed by atoms with van der Waals surface area (Å²) < 4.78 is 1.91. The molecule has 1 aliphatic rings. The molecule has 0 fully saturated rings. The third kappa shape index (κ3) is 5.30. The van der Waals surface area contributed by atoms with Crippen LogP contribution in [0.15, 0.2) is 30.1 Å². The molecule has 1 aromatic rings. The van der Waals surface area contributed by atoms with E-state index < -0.39 is 0 Å². The Balaban J connectivity index is 1.61. The largest absolute Gasteiger partial charge is 0.355 e. The van der Waals surface area contributed by atoms with Crippen molar-refractivity contribution in [1.29, 1.82) is 0 Å². The second-order valence-electron chi connectivity index (χ2n) is 6.10. The van der Waals surface area contributed by atoms with Crippen LogP contribution in [-0.2, 0) is 4.79 Å². The Bertz CT molecular complexity index is 481. The van der Waals surface area contributed by atoms with Crippen molar-refractivity contribution >= 4 is 5.91 Å². The predicted octanol–water partition coefficient (Wildman–Crippen LogP) is 2.43. The summed E-state index contributed by atoms with van der Waals surface area (Å²) in [6, 6.07) is 2.32. The van der Waals surface area contributed by atoms with Crippen LogP contribution in [0.5, 0.6) is 0 Å². The van der Waals surface area contributed by atoms with E-state index in [2.05, 4.69) is 35.7 Å². The summed E-state index contributed by atoms with van der Waals surface area (Å²) in [4.78, 5) is 11.9. The molecule has 1 aromatic heterocycles. The van der Waals surface area contributed by atoms with E-state index in [1.165, 1.54) is 31.3 Å². The number of nitrogens with zero attached hydrogens (tertiary/aromatic N) is 2. The van der Waals surface area contributed by atoms with E-state index in [1.54, 1.807) is 6.20 Å². The summed E-state index contributed by atoms with van der Waals surface area (Å²) in [5, 5.41) is 10.5. The summed E-state index contributed by atoms with van der Waals surface area (Å²) in [5.41, 5.74) is 1.50. The van der Waals surface area contributed by atoms with Crippen LogP contribution in [-0.4, -0.2) is 34.8 Å². The van der Waals surface area contributed by atoms with Crippen molar-refractivity contribution in [2.75, 3.05) is 13.1 Å². The molecule has 1 aliphatic carbocycles. The predicted molar refractivity (Wildman–Crippen MR) is 88.6 cm³/mol. The zero-order chi connectivity index (χ0) is 15.8. The molecule has 2 rings (SSSR count). The Hall–Kier alpha value is -1.62. The van der Waals surface area contributed by atoms with Crippen molar-refractivity contribution in [3.05, 3.63) is 30.1 Å². The first-order valence-electron chi connectivity index (χ1n) is 8.34. The van der Waals surface area contributed by atoms with Gasteiger partial charge in [0.05, 0.1) is 12.6 Å². The third-order valence-electron chi connectivity index (χ3n) is 4.40. The number of nitrogens with one attached hydrogen (secondary N) is 2. The molecule has 0 saturated heterocycles. The van der Waals surface area contributed by atoms with Crippen LogP contribution in [0.1, 0.15) is 52.0 Å². The molecule has 0 spiro atoms. The van der Waals surface area contributed by atoms with Gasteiger partial charge in [-0.2, -0.15) is 5.10 Å². The lowest BCUT2D eigenvalue weighted by atomic mass is 9.97. The van der Waals surface area contributed by atoms with E-state index in [9.17, 15) is 4.79 Å². The minimum atomic E-state index is 0.0657.